The summed E-state index contributed by atoms with van der Waals surface area (Å²) in [6, 6.07) is 12.3. The number of allylic oxidation sites excluding steroid dienone is 2. The van der Waals surface area contributed by atoms with Crippen LogP contribution in [0.3, 0.4) is 0 Å². The number of aryl methyl sites for hydroxylation is 1. The first-order valence-electron chi connectivity index (χ1n) is 7.13. The van der Waals surface area contributed by atoms with Crippen molar-refractivity contribution in [2.75, 3.05) is 0 Å². The smallest absolute Gasteiger partial charge is 0.111 e. The van der Waals surface area contributed by atoms with Gasteiger partial charge in [0.25, 0.3) is 0 Å². The molecule has 2 nitrogen and oxygen atoms in total. The fourth-order valence-electron chi connectivity index (χ4n) is 2.43. The van der Waals surface area contributed by atoms with Gasteiger partial charge in [-0.15, -0.1) is 0 Å². The molecule has 2 heteroatoms. The normalized spacial score (nSPS) is 14.3. The predicted octanol–water partition coefficient (Wildman–Crippen LogP) is 3.94. The monoisotopic (exact) mass is 262 g/mol. The van der Waals surface area contributed by atoms with Gasteiger partial charge in [-0.05, 0) is 37.2 Å². The van der Waals surface area contributed by atoms with Crippen molar-refractivity contribution in [1.29, 1.82) is 0 Å². The summed E-state index contributed by atoms with van der Waals surface area (Å²) in [7, 11) is 1.95. The standard InChI is InChI=1S/C18H18N2/c1-20-17(13-12-15-8-4-2-5-9-15)14-18(19-20)16-10-6-3-7-11-16/h3,6-8,10-11,14H,2,4-5,9H2,1H3. The second-order valence-electron chi connectivity index (χ2n) is 5.13. The molecule has 1 aliphatic carbocycles. The summed E-state index contributed by atoms with van der Waals surface area (Å²) in [6.07, 6.45) is 7.13. The zero-order valence-corrected chi connectivity index (χ0v) is 11.8. The molecule has 1 heterocycles. The number of nitrogens with zero attached hydrogens (tertiary/aromatic N) is 2. The number of benzene rings is 1. The van der Waals surface area contributed by atoms with Crippen molar-refractivity contribution < 1.29 is 0 Å². The van der Waals surface area contributed by atoms with Crippen molar-refractivity contribution in [1.82, 2.24) is 9.78 Å². The SMILES string of the molecule is Cn1nc(-c2ccccc2)cc1C#CC1=CCCCC1. The van der Waals surface area contributed by atoms with E-state index in [1.807, 2.05) is 29.9 Å². The van der Waals surface area contributed by atoms with E-state index in [1.165, 1.54) is 24.8 Å². The molecular formula is C18H18N2. The lowest BCUT2D eigenvalue weighted by molar-refractivity contribution is 0.715. The van der Waals surface area contributed by atoms with Gasteiger partial charge in [0, 0.05) is 18.7 Å². The summed E-state index contributed by atoms with van der Waals surface area (Å²) >= 11 is 0. The van der Waals surface area contributed by atoms with E-state index in [0.29, 0.717) is 0 Å². The summed E-state index contributed by atoms with van der Waals surface area (Å²) in [5.74, 6) is 6.55. The maximum atomic E-state index is 4.54. The predicted molar refractivity (Wildman–Crippen MR) is 82.1 cm³/mol. The minimum Gasteiger partial charge on any atom is -0.259 e. The quantitative estimate of drug-likeness (QED) is 0.712. The molecule has 100 valence electrons. The van der Waals surface area contributed by atoms with Gasteiger partial charge in [-0.2, -0.15) is 5.10 Å². The molecular weight excluding hydrogens is 244 g/mol. The van der Waals surface area contributed by atoms with E-state index < -0.39 is 0 Å². The average molecular weight is 262 g/mol. The average Bonchev–Trinajstić information content (AvgIpc) is 2.88. The van der Waals surface area contributed by atoms with Gasteiger partial charge in [-0.1, -0.05) is 42.3 Å². The lowest BCUT2D eigenvalue weighted by Crippen LogP contribution is -1.94. The molecule has 1 aromatic carbocycles. The molecule has 0 aliphatic heterocycles. The van der Waals surface area contributed by atoms with E-state index in [1.54, 1.807) is 0 Å². The van der Waals surface area contributed by atoms with E-state index in [4.69, 9.17) is 0 Å². The number of aromatic nitrogens is 2. The summed E-state index contributed by atoms with van der Waals surface area (Å²) in [5, 5.41) is 4.54. The van der Waals surface area contributed by atoms with Crippen LogP contribution in [0.15, 0.2) is 48.0 Å². The Labute approximate surface area is 120 Å². The van der Waals surface area contributed by atoms with Gasteiger partial charge in [-0.3, -0.25) is 4.68 Å². The van der Waals surface area contributed by atoms with Crippen LogP contribution in [0.4, 0.5) is 0 Å². The number of hydrogen-bond acceptors (Lipinski definition) is 1. The Morgan fingerprint density at radius 3 is 2.70 bits per heavy atom. The maximum Gasteiger partial charge on any atom is 0.111 e. The molecule has 0 fully saturated rings. The van der Waals surface area contributed by atoms with Crippen molar-refractivity contribution >= 4 is 0 Å². The summed E-state index contributed by atoms with van der Waals surface area (Å²) in [6.45, 7) is 0. The number of rotatable bonds is 1. The highest BCUT2D eigenvalue weighted by Gasteiger charge is 2.05. The van der Waals surface area contributed by atoms with Gasteiger partial charge < -0.3 is 0 Å². The molecule has 0 bridgehead atoms. The number of hydrogen-bond donors (Lipinski definition) is 0. The highest BCUT2D eigenvalue weighted by atomic mass is 15.3. The first-order chi connectivity index (χ1) is 9.83. The van der Waals surface area contributed by atoms with Gasteiger partial charge >= 0.3 is 0 Å². The van der Waals surface area contributed by atoms with Crippen molar-refractivity contribution in [3.63, 3.8) is 0 Å². The van der Waals surface area contributed by atoms with Crippen LogP contribution < -0.4 is 0 Å². The first-order valence-corrected chi connectivity index (χ1v) is 7.13. The highest BCUT2D eigenvalue weighted by Crippen LogP contribution is 2.19. The van der Waals surface area contributed by atoms with E-state index >= 15 is 0 Å². The van der Waals surface area contributed by atoms with Crippen LogP contribution in [0.5, 0.6) is 0 Å². The third-order valence-electron chi connectivity index (χ3n) is 3.59. The fraction of sp³-hybridized carbons (Fsp3) is 0.278. The molecule has 3 rings (SSSR count). The Hall–Kier alpha value is -2.27. The second kappa shape index (κ2) is 5.79. The molecule has 0 atom stereocenters. The fourth-order valence-corrected chi connectivity index (χ4v) is 2.43. The molecule has 0 saturated carbocycles. The van der Waals surface area contributed by atoms with Crippen LogP contribution in [0.1, 0.15) is 31.4 Å². The van der Waals surface area contributed by atoms with Gasteiger partial charge in [0.05, 0.1) is 5.69 Å². The zero-order chi connectivity index (χ0) is 13.8. The lowest BCUT2D eigenvalue weighted by atomic mass is 10.00. The Balaban J connectivity index is 1.87. The van der Waals surface area contributed by atoms with Gasteiger partial charge in [0.1, 0.15) is 5.69 Å². The maximum absolute atomic E-state index is 4.54. The Morgan fingerprint density at radius 2 is 1.95 bits per heavy atom. The molecule has 1 aromatic heterocycles. The van der Waals surface area contributed by atoms with Gasteiger partial charge in [0.2, 0.25) is 0 Å². The molecule has 2 aromatic rings. The van der Waals surface area contributed by atoms with Crippen LogP contribution in [-0.4, -0.2) is 9.78 Å². The summed E-state index contributed by atoms with van der Waals surface area (Å²) in [5.41, 5.74) is 4.36. The summed E-state index contributed by atoms with van der Waals surface area (Å²) in [4.78, 5) is 0. The van der Waals surface area contributed by atoms with E-state index in [0.717, 1.165) is 23.4 Å². The van der Waals surface area contributed by atoms with Crippen LogP contribution in [0.2, 0.25) is 0 Å². The first kappa shape index (κ1) is 12.7. The van der Waals surface area contributed by atoms with Crippen molar-refractivity contribution in [2.24, 2.45) is 7.05 Å². The van der Waals surface area contributed by atoms with Gasteiger partial charge in [0.15, 0.2) is 0 Å². The molecule has 0 amide bonds. The molecule has 20 heavy (non-hydrogen) atoms. The Bertz CT molecular complexity index is 681. The van der Waals surface area contributed by atoms with Crippen molar-refractivity contribution in [3.8, 4) is 23.1 Å². The minimum absolute atomic E-state index is 0.968. The molecule has 1 aliphatic rings. The molecule has 0 N–H and O–H groups in total. The second-order valence-corrected chi connectivity index (χ2v) is 5.13. The zero-order valence-electron chi connectivity index (χ0n) is 11.8. The topological polar surface area (TPSA) is 17.8 Å². The van der Waals surface area contributed by atoms with Crippen LogP contribution >= 0.6 is 0 Å². The summed E-state index contributed by atoms with van der Waals surface area (Å²) < 4.78 is 1.86. The van der Waals surface area contributed by atoms with Gasteiger partial charge in [-0.25, -0.2) is 0 Å². The van der Waals surface area contributed by atoms with Crippen LogP contribution in [0, 0.1) is 11.8 Å². The third kappa shape index (κ3) is 2.83. The molecule has 0 spiro atoms. The van der Waals surface area contributed by atoms with E-state index in [-0.39, 0.29) is 0 Å². The van der Waals surface area contributed by atoms with Crippen LogP contribution in [0.25, 0.3) is 11.3 Å². The van der Waals surface area contributed by atoms with Crippen molar-refractivity contribution in [2.45, 2.75) is 25.7 Å². The minimum atomic E-state index is 0.968. The lowest BCUT2D eigenvalue weighted by Gasteiger charge is -2.05. The highest BCUT2D eigenvalue weighted by molar-refractivity contribution is 5.60. The third-order valence-corrected chi connectivity index (χ3v) is 3.59. The molecule has 0 radical (unpaired) electrons. The van der Waals surface area contributed by atoms with E-state index in [9.17, 15) is 0 Å². The van der Waals surface area contributed by atoms with Crippen LogP contribution in [-0.2, 0) is 7.05 Å². The largest absolute Gasteiger partial charge is 0.259 e. The van der Waals surface area contributed by atoms with Crippen molar-refractivity contribution in [3.05, 3.63) is 53.7 Å². The molecule has 0 saturated heterocycles. The molecule has 0 unspecified atom stereocenters. The Kier molecular flexibility index (Phi) is 3.69. The Morgan fingerprint density at radius 1 is 1.10 bits per heavy atom. The van der Waals surface area contributed by atoms with E-state index in [2.05, 4.69) is 41.2 Å².